The van der Waals surface area contributed by atoms with Gasteiger partial charge in [-0.1, -0.05) is 25.0 Å². The average Bonchev–Trinajstić information content (AvgIpc) is 2.87. The molecular formula is C26H30N6O4. The van der Waals surface area contributed by atoms with E-state index in [1.807, 2.05) is 42.5 Å². The number of unbranched alkanes of at least 4 members (excludes halogenated alkanes) is 3. The molecule has 1 heterocycles. The number of hydroxylamine groups is 1. The summed E-state index contributed by atoms with van der Waals surface area (Å²) >= 11 is 0. The Morgan fingerprint density at radius 2 is 1.33 bits per heavy atom. The number of nitrogens with one attached hydrogen (secondary N) is 4. The van der Waals surface area contributed by atoms with Crippen LogP contribution in [0.2, 0.25) is 0 Å². The van der Waals surface area contributed by atoms with Crippen LogP contribution in [0.15, 0.2) is 60.8 Å². The van der Waals surface area contributed by atoms with E-state index >= 15 is 0 Å². The van der Waals surface area contributed by atoms with Crippen LogP contribution in [-0.4, -0.2) is 32.9 Å². The Kier molecular flexibility index (Phi) is 9.89. The van der Waals surface area contributed by atoms with Crippen molar-refractivity contribution < 1.29 is 19.6 Å². The Hall–Kier alpha value is -4.31. The number of anilines is 4. The Morgan fingerprint density at radius 3 is 1.97 bits per heavy atom. The molecule has 0 fully saturated rings. The molecule has 5 N–H and O–H groups in total. The number of amides is 3. The highest BCUT2D eigenvalue weighted by molar-refractivity contribution is 5.91. The summed E-state index contributed by atoms with van der Waals surface area (Å²) < 4.78 is 0. The molecule has 2 aromatic carbocycles. The molecule has 3 aromatic rings. The van der Waals surface area contributed by atoms with Crippen molar-refractivity contribution in [3.05, 3.63) is 60.8 Å². The highest BCUT2D eigenvalue weighted by Crippen LogP contribution is 2.22. The zero-order valence-electron chi connectivity index (χ0n) is 20.1. The van der Waals surface area contributed by atoms with Crippen LogP contribution < -0.4 is 21.4 Å². The van der Waals surface area contributed by atoms with Crippen molar-refractivity contribution in [3.63, 3.8) is 0 Å². The van der Waals surface area contributed by atoms with Crippen LogP contribution in [-0.2, 0) is 14.4 Å². The summed E-state index contributed by atoms with van der Waals surface area (Å²) in [7, 11) is 0. The second-order valence-corrected chi connectivity index (χ2v) is 8.22. The SMILES string of the molecule is CC(=O)Nc1ccc(-c2ccnc(Nc3ccc(NC(=O)CCCCCCC(=O)NO)cc3)n2)cc1. The third-order valence-electron chi connectivity index (χ3n) is 5.26. The summed E-state index contributed by atoms with van der Waals surface area (Å²) in [5, 5.41) is 17.2. The number of benzene rings is 2. The molecule has 0 radical (unpaired) electrons. The molecule has 36 heavy (non-hydrogen) atoms. The zero-order valence-corrected chi connectivity index (χ0v) is 20.1. The Labute approximate surface area is 209 Å². The van der Waals surface area contributed by atoms with Gasteiger partial charge in [0, 0.05) is 48.6 Å². The molecule has 0 saturated heterocycles. The van der Waals surface area contributed by atoms with Crippen molar-refractivity contribution in [2.75, 3.05) is 16.0 Å². The molecule has 0 bridgehead atoms. The van der Waals surface area contributed by atoms with Gasteiger partial charge in [-0.2, -0.15) is 0 Å². The normalized spacial score (nSPS) is 10.4. The topological polar surface area (TPSA) is 145 Å². The van der Waals surface area contributed by atoms with Crippen LogP contribution in [0.25, 0.3) is 11.3 Å². The van der Waals surface area contributed by atoms with Crippen LogP contribution in [0.1, 0.15) is 45.4 Å². The van der Waals surface area contributed by atoms with Gasteiger partial charge in [-0.05, 0) is 55.3 Å². The molecule has 0 unspecified atom stereocenters. The van der Waals surface area contributed by atoms with E-state index < -0.39 is 0 Å². The van der Waals surface area contributed by atoms with Crippen LogP contribution in [0.4, 0.5) is 23.0 Å². The molecular weight excluding hydrogens is 460 g/mol. The fraction of sp³-hybridized carbons (Fsp3) is 0.269. The van der Waals surface area contributed by atoms with E-state index in [1.54, 1.807) is 23.8 Å². The first-order valence-corrected chi connectivity index (χ1v) is 11.7. The fourth-order valence-electron chi connectivity index (χ4n) is 3.48. The van der Waals surface area contributed by atoms with E-state index in [0.717, 1.165) is 41.9 Å². The van der Waals surface area contributed by atoms with Crippen LogP contribution in [0, 0.1) is 0 Å². The van der Waals surface area contributed by atoms with Crippen molar-refractivity contribution in [1.82, 2.24) is 15.4 Å². The first kappa shape index (κ1) is 26.3. The van der Waals surface area contributed by atoms with Crippen LogP contribution in [0.3, 0.4) is 0 Å². The third kappa shape index (κ3) is 8.80. The van der Waals surface area contributed by atoms with E-state index in [0.29, 0.717) is 24.5 Å². The van der Waals surface area contributed by atoms with Gasteiger partial charge in [0.1, 0.15) is 0 Å². The first-order chi connectivity index (χ1) is 17.4. The molecule has 0 atom stereocenters. The monoisotopic (exact) mass is 490 g/mol. The third-order valence-corrected chi connectivity index (χ3v) is 5.26. The molecule has 188 valence electrons. The largest absolute Gasteiger partial charge is 0.326 e. The number of carbonyl (C=O) groups excluding carboxylic acids is 3. The number of rotatable bonds is 12. The van der Waals surface area contributed by atoms with Gasteiger partial charge in [-0.15, -0.1) is 0 Å². The smallest absolute Gasteiger partial charge is 0.243 e. The van der Waals surface area contributed by atoms with Crippen LogP contribution in [0.5, 0.6) is 0 Å². The number of aromatic nitrogens is 2. The lowest BCUT2D eigenvalue weighted by atomic mass is 10.1. The molecule has 0 aliphatic rings. The maximum Gasteiger partial charge on any atom is 0.243 e. The Bertz CT molecular complexity index is 1170. The van der Waals surface area contributed by atoms with E-state index in [1.165, 1.54) is 6.92 Å². The van der Waals surface area contributed by atoms with Gasteiger partial charge < -0.3 is 16.0 Å². The van der Waals surface area contributed by atoms with E-state index in [2.05, 4.69) is 25.9 Å². The maximum absolute atomic E-state index is 12.2. The van der Waals surface area contributed by atoms with Crippen molar-refractivity contribution in [2.45, 2.75) is 45.4 Å². The molecule has 0 aliphatic heterocycles. The van der Waals surface area contributed by atoms with Gasteiger partial charge in [0.05, 0.1) is 5.69 Å². The van der Waals surface area contributed by atoms with Crippen LogP contribution >= 0.6 is 0 Å². The van der Waals surface area contributed by atoms with E-state index in [4.69, 9.17) is 5.21 Å². The van der Waals surface area contributed by atoms with Gasteiger partial charge in [-0.3, -0.25) is 19.6 Å². The molecule has 3 amide bonds. The van der Waals surface area contributed by atoms with Gasteiger partial charge in [0.2, 0.25) is 23.7 Å². The first-order valence-electron chi connectivity index (χ1n) is 11.7. The van der Waals surface area contributed by atoms with Crippen molar-refractivity contribution in [2.24, 2.45) is 0 Å². The number of nitrogens with zero attached hydrogens (tertiary/aromatic N) is 2. The predicted octanol–water partition coefficient (Wildman–Crippen LogP) is 4.63. The molecule has 0 saturated carbocycles. The quantitative estimate of drug-likeness (QED) is 0.141. The van der Waals surface area contributed by atoms with Gasteiger partial charge in [-0.25, -0.2) is 15.4 Å². The van der Waals surface area contributed by atoms with Crippen molar-refractivity contribution in [3.8, 4) is 11.3 Å². The summed E-state index contributed by atoms with van der Waals surface area (Å²) in [5.41, 5.74) is 5.43. The number of hydrogen-bond acceptors (Lipinski definition) is 7. The number of hydrogen-bond donors (Lipinski definition) is 5. The average molecular weight is 491 g/mol. The second kappa shape index (κ2) is 13.5. The molecule has 3 rings (SSSR count). The van der Waals surface area contributed by atoms with Gasteiger partial charge in [0.15, 0.2) is 0 Å². The summed E-state index contributed by atoms with van der Waals surface area (Å²) in [6.45, 7) is 1.46. The maximum atomic E-state index is 12.2. The summed E-state index contributed by atoms with van der Waals surface area (Å²) in [6, 6.07) is 16.5. The summed E-state index contributed by atoms with van der Waals surface area (Å²) in [5.74, 6) is -0.142. The standard InChI is InChI=1S/C26H30N6O4/c1-18(33)28-20-10-8-19(9-11-20)23-16-17-27-26(31-23)30-22-14-12-21(13-15-22)29-24(34)6-4-2-3-5-7-25(35)32-36/h8-17,36H,2-7H2,1H3,(H,28,33)(H,29,34)(H,32,35)(H,27,30,31). The molecule has 10 nitrogen and oxygen atoms in total. The molecule has 1 aromatic heterocycles. The predicted molar refractivity (Wildman–Crippen MR) is 138 cm³/mol. The van der Waals surface area contributed by atoms with Gasteiger partial charge >= 0.3 is 0 Å². The fourth-order valence-corrected chi connectivity index (χ4v) is 3.48. The van der Waals surface area contributed by atoms with Crippen molar-refractivity contribution in [1.29, 1.82) is 0 Å². The lowest BCUT2D eigenvalue weighted by molar-refractivity contribution is -0.129. The highest BCUT2D eigenvalue weighted by atomic mass is 16.5. The molecule has 0 spiro atoms. The van der Waals surface area contributed by atoms with Crippen molar-refractivity contribution >= 4 is 40.7 Å². The Balaban J connectivity index is 1.47. The highest BCUT2D eigenvalue weighted by Gasteiger charge is 2.06. The lowest BCUT2D eigenvalue weighted by Crippen LogP contribution is -2.17. The summed E-state index contributed by atoms with van der Waals surface area (Å²) in [4.78, 5) is 43.1. The minimum atomic E-state index is -0.389. The Morgan fingerprint density at radius 1 is 0.750 bits per heavy atom. The number of carbonyl (C=O) groups is 3. The summed E-state index contributed by atoms with van der Waals surface area (Å²) in [6.07, 6.45) is 5.43. The van der Waals surface area contributed by atoms with E-state index in [-0.39, 0.29) is 24.1 Å². The molecule has 0 aliphatic carbocycles. The lowest BCUT2D eigenvalue weighted by Gasteiger charge is -2.09. The van der Waals surface area contributed by atoms with Gasteiger partial charge in [0.25, 0.3) is 0 Å². The zero-order chi connectivity index (χ0) is 25.8. The second-order valence-electron chi connectivity index (χ2n) is 8.22. The van der Waals surface area contributed by atoms with E-state index in [9.17, 15) is 14.4 Å². The minimum absolute atomic E-state index is 0.0654. The molecule has 10 heteroatoms. The minimum Gasteiger partial charge on any atom is -0.326 e.